The van der Waals surface area contributed by atoms with Crippen LogP contribution in [0.1, 0.15) is 27.1 Å². The Balaban J connectivity index is 2.81. The first-order valence-electron chi connectivity index (χ1n) is 3.65. The lowest BCUT2D eigenvalue weighted by Crippen LogP contribution is -1.97. The minimum Gasteiger partial charge on any atom is -0.294 e. The van der Waals surface area contributed by atoms with Crippen molar-refractivity contribution in [2.75, 3.05) is 0 Å². The van der Waals surface area contributed by atoms with E-state index in [9.17, 15) is 9.59 Å². The number of rotatable bonds is 0. The van der Waals surface area contributed by atoms with Crippen LogP contribution in [0.15, 0.2) is 12.1 Å². The third-order valence-electron chi connectivity index (χ3n) is 1.98. The van der Waals surface area contributed by atoms with Crippen molar-refractivity contribution in [3.05, 3.63) is 30.4 Å². The van der Waals surface area contributed by atoms with E-state index in [0.717, 1.165) is 7.14 Å². The van der Waals surface area contributed by atoms with Gasteiger partial charge in [-0.1, -0.05) is 0 Å². The maximum Gasteiger partial charge on any atom is 0.172 e. The summed E-state index contributed by atoms with van der Waals surface area (Å²) < 4.78 is 1.76. The van der Waals surface area contributed by atoms with E-state index in [4.69, 9.17) is 0 Å². The summed E-state index contributed by atoms with van der Waals surface area (Å²) in [4.78, 5) is 22.8. The summed E-state index contributed by atoms with van der Waals surface area (Å²) in [5, 5.41) is 0. The molecule has 0 saturated carbocycles. The highest BCUT2D eigenvalue weighted by molar-refractivity contribution is 14.1. The SMILES string of the molecule is O=C1CC(=O)c2c(I)ccc(I)c21. The second kappa shape index (κ2) is 3.30. The Labute approximate surface area is 102 Å². The van der Waals surface area contributed by atoms with Crippen molar-refractivity contribution >= 4 is 56.7 Å². The molecule has 0 bridgehead atoms. The number of carbonyl (C=O) groups is 2. The average Bonchev–Trinajstić information content (AvgIpc) is 2.36. The number of hydrogen-bond donors (Lipinski definition) is 0. The van der Waals surface area contributed by atoms with Crippen molar-refractivity contribution in [2.45, 2.75) is 6.42 Å². The fraction of sp³-hybridized carbons (Fsp3) is 0.111. The first kappa shape index (κ1) is 9.57. The molecule has 0 aromatic heterocycles. The number of carbonyl (C=O) groups excluding carboxylic acids is 2. The standard InChI is InChI=1S/C9H4I2O2/c10-4-1-2-5(11)9-7(13)3-6(12)8(4)9/h1-2H,3H2. The summed E-state index contributed by atoms with van der Waals surface area (Å²) in [7, 11) is 0. The minimum atomic E-state index is -0.0390. The Kier molecular flexibility index (Phi) is 2.43. The topological polar surface area (TPSA) is 34.1 Å². The third kappa shape index (κ3) is 1.43. The highest BCUT2D eigenvalue weighted by Crippen LogP contribution is 2.30. The smallest absolute Gasteiger partial charge is 0.172 e. The van der Waals surface area contributed by atoms with E-state index in [1.54, 1.807) is 0 Å². The van der Waals surface area contributed by atoms with E-state index in [1.165, 1.54) is 0 Å². The molecular weight excluding hydrogens is 394 g/mol. The molecule has 0 spiro atoms. The second-order valence-corrected chi connectivity index (χ2v) is 5.13. The van der Waals surface area contributed by atoms with E-state index in [1.807, 2.05) is 12.1 Å². The number of ketones is 2. The van der Waals surface area contributed by atoms with Gasteiger partial charge in [-0.2, -0.15) is 0 Å². The largest absolute Gasteiger partial charge is 0.294 e. The zero-order valence-corrected chi connectivity index (χ0v) is 10.7. The Morgan fingerprint density at radius 2 is 1.31 bits per heavy atom. The molecular formula is C9H4I2O2. The van der Waals surface area contributed by atoms with E-state index in [-0.39, 0.29) is 18.0 Å². The summed E-state index contributed by atoms with van der Waals surface area (Å²) in [6, 6.07) is 3.75. The van der Waals surface area contributed by atoms with E-state index in [0.29, 0.717) is 11.1 Å². The molecule has 0 aliphatic heterocycles. The number of Topliss-reactive ketones (excluding diaryl/α,β-unsaturated/α-hetero) is 2. The number of hydrogen-bond acceptors (Lipinski definition) is 2. The number of fused-ring (bicyclic) bond motifs is 1. The normalized spacial score (nSPS) is 14.9. The zero-order chi connectivity index (χ0) is 9.59. The number of halogens is 2. The molecule has 13 heavy (non-hydrogen) atoms. The van der Waals surface area contributed by atoms with E-state index < -0.39 is 0 Å². The Bertz CT molecular complexity index is 385. The molecule has 2 nitrogen and oxygen atoms in total. The fourth-order valence-electron chi connectivity index (χ4n) is 1.42. The molecule has 4 heteroatoms. The number of benzene rings is 1. The molecule has 0 fully saturated rings. The Hall–Kier alpha value is 0.0200. The molecule has 0 heterocycles. The molecule has 1 aromatic rings. The van der Waals surface area contributed by atoms with Gasteiger partial charge in [0.15, 0.2) is 11.6 Å². The van der Waals surface area contributed by atoms with Crippen LogP contribution in [0.4, 0.5) is 0 Å². The Morgan fingerprint density at radius 3 is 1.69 bits per heavy atom. The highest BCUT2D eigenvalue weighted by atomic mass is 127. The van der Waals surface area contributed by atoms with Crippen LogP contribution in [0.25, 0.3) is 0 Å². The molecule has 1 aromatic carbocycles. The van der Waals surface area contributed by atoms with Gasteiger partial charge in [-0.05, 0) is 57.3 Å². The molecule has 0 amide bonds. The predicted molar refractivity (Wildman–Crippen MR) is 65.2 cm³/mol. The van der Waals surface area contributed by atoms with Gasteiger partial charge in [0.25, 0.3) is 0 Å². The van der Waals surface area contributed by atoms with Crippen molar-refractivity contribution in [3.63, 3.8) is 0 Å². The lowest BCUT2D eigenvalue weighted by Gasteiger charge is -2.01. The third-order valence-corrected chi connectivity index (χ3v) is 3.78. The molecule has 0 N–H and O–H groups in total. The maximum absolute atomic E-state index is 11.4. The average molecular weight is 398 g/mol. The quantitative estimate of drug-likeness (QED) is 0.498. The fourth-order valence-corrected chi connectivity index (χ4v) is 2.92. The predicted octanol–water partition coefficient (Wildman–Crippen LogP) is 2.66. The highest BCUT2D eigenvalue weighted by Gasteiger charge is 2.31. The molecule has 66 valence electrons. The van der Waals surface area contributed by atoms with Crippen LogP contribution < -0.4 is 0 Å². The van der Waals surface area contributed by atoms with Gasteiger partial charge in [0.05, 0.1) is 6.42 Å². The molecule has 1 aliphatic rings. The van der Waals surface area contributed by atoms with Crippen molar-refractivity contribution in [1.82, 2.24) is 0 Å². The van der Waals surface area contributed by atoms with Gasteiger partial charge >= 0.3 is 0 Å². The summed E-state index contributed by atoms with van der Waals surface area (Å²) in [5.41, 5.74) is 1.25. The van der Waals surface area contributed by atoms with Gasteiger partial charge in [0, 0.05) is 18.3 Å². The summed E-state index contributed by atoms with van der Waals surface area (Å²) in [6.45, 7) is 0. The van der Waals surface area contributed by atoms with Crippen molar-refractivity contribution < 1.29 is 9.59 Å². The first-order chi connectivity index (χ1) is 6.11. The monoisotopic (exact) mass is 398 g/mol. The van der Waals surface area contributed by atoms with Gasteiger partial charge in [-0.25, -0.2) is 0 Å². The van der Waals surface area contributed by atoms with Crippen LogP contribution in [-0.4, -0.2) is 11.6 Å². The minimum absolute atomic E-state index is 0.0390. The van der Waals surface area contributed by atoms with Crippen LogP contribution in [0.2, 0.25) is 0 Å². The lowest BCUT2D eigenvalue weighted by atomic mass is 10.1. The van der Waals surface area contributed by atoms with Gasteiger partial charge in [-0.15, -0.1) is 0 Å². The molecule has 0 saturated heterocycles. The van der Waals surface area contributed by atoms with E-state index in [2.05, 4.69) is 45.2 Å². The van der Waals surface area contributed by atoms with Crippen molar-refractivity contribution in [1.29, 1.82) is 0 Å². The van der Waals surface area contributed by atoms with Gasteiger partial charge in [0.2, 0.25) is 0 Å². The summed E-state index contributed by atoms with van der Waals surface area (Å²) in [6.07, 6.45) is 0.0470. The van der Waals surface area contributed by atoms with E-state index >= 15 is 0 Å². The molecule has 0 radical (unpaired) electrons. The summed E-state index contributed by atoms with van der Waals surface area (Å²) >= 11 is 4.18. The molecule has 0 atom stereocenters. The van der Waals surface area contributed by atoms with Crippen LogP contribution in [-0.2, 0) is 0 Å². The maximum atomic E-state index is 11.4. The second-order valence-electron chi connectivity index (χ2n) is 2.80. The molecule has 1 aliphatic carbocycles. The summed E-state index contributed by atoms with van der Waals surface area (Å²) in [5.74, 6) is -0.0779. The van der Waals surface area contributed by atoms with Gasteiger partial charge < -0.3 is 0 Å². The van der Waals surface area contributed by atoms with Crippen LogP contribution in [0.5, 0.6) is 0 Å². The van der Waals surface area contributed by atoms with Crippen molar-refractivity contribution in [3.8, 4) is 0 Å². The van der Waals surface area contributed by atoms with Crippen molar-refractivity contribution in [2.24, 2.45) is 0 Å². The van der Waals surface area contributed by atoms with Crippen LogP contribution in [0, 0.1) is 7.14 Å². The first-order valence-corrected chi connectivity index (χ1v) is 5.81. The Morgan fingerprint density at radius 1 is 0.923 bits per heavy atom. The zero-order valence-electron chi connectivity index (χ0n) is 6.43. The van der Waals surface area contributed by atoms with Crippen LogP contribution >= 0.6 is 45.2 Å². The molecule has 0 unspecified atom stereocenters. The lowest BCUT2D eigenvalue weighted by molar-refractivity contribution is 0.0922. The van der Waals surface area contributed by atoms with Gasteiger partial charge in [0.1, 0.15) is 0 Å². The van der Waals surface area contributed by atoms with Gasteiger partial charge in [-0.3, -0.25) is 9.59 Å². The van der Waals surface area contributed by atoms with Crippen LogP contribution in [0.3, 0.4) is 0 Å². The molecule has 2 rings (SSSR count).